The topological polar surface area (TPSA) is 50.1 Å². The van der Waals surface area contributed by atoms with Gasteiger partial charge in [0.05, 0.1) is 17.6 Å². The smallest absolute Gasteiger partial charge is 0.131 e. The van der Waals surface area contributed by atoms with E-state index in [0.29, 0.717) is 6.42 Å². The average Bonchev–Trinajstić information content (AvgIpc) is 2.18. The first kappa shape index (κ1) is 11.2. The Labute approximate surface area is 85.1 Å². The van der Waals surface area contributed by atoms with Crippen LogP contribution in [-0.4, -0.2) is 19.0 Å². The quantitative estimate of drug-likeness (QED) is 0.692. The van der Waals surface area contributed by atoms with E-state index in [0.717, 1.165) is 25.7 Å². The number of nitriles is 1. The molecule has 0 bridgehead atoms. The molecule has 1 rings (SSSR count). The molecule has 0 aromatic carbocycles. The van der Waals surface area contributed by atoms with Crippen LogP contribution in [-0.2, 0) is 9.53 Å². The molecule has 0 amide bonds. The van der Waals surface area contributed by atoms with Gasteiger partial charge in [0.15, 0.2) is 0 Å². The van der Waals surface area contributed by atoms with Gasteiger partial charge in [-0.15, -0.1) is 0 Å². The first-order chi connectivity index (χ1) is 6.62. The lowest BCUT2D eigenvalue weighted by molar-refractivity contribution is -0.119. The molecule has 1 aliphatic carbocycles. The van der Waals surface area contributed by atoms with Crippen LogP contribution < -0.4 is 0 Å². The molecule has 0 aliphatic heterocycles. The van der Waals surface area contributed by atoms with Gasteiger partial charge in [-0.3, -0.25) is 4.79 Å². The van der Waals surface area contributed by atoms with Gasteiger partial charge in [0.2, 0.25) is 0 Å². The fourth-order valence-corrected chi connectivity index (χ4v) is 2.18. The van der Waals surface area contributed by atoms with Crippen LogP contribution in [0, 0.1) is 16.7 Å². The summed E-state index contributed by atoms with van der Waals surface area (Å²) in [5.74, 6) is 0.113. The van der Waals surface area contributed by atoms with Gasteiger partial charge >= 0.3 is 0 Å². The molecule has 3 nitrogen and oxygen atoms in total. The van der Waals surface area contributed by atoms with Crippen molar-refractivity contribution in [3.8, 4) is 6.07 Å². The lowest BCUT2D eigenvalue weighted by Gasteiger charge is -2.33. The molecule has 1 fully saturated rings. The van der Waals surface area contributed by atoms with Gasteiger partial charge in [-0.2, -0.15) is 5.26 Å². The number of carbonyl (C=O) groups is 1. The summed E-state index contributed by atoms with van der Waals surface area (Å²) in [6, 6.07) is 2.32. The summed E-state index contributed by atoms with van der Waals surface area (Å²) >= 11 is 0. The highest BCUT2D eigenvalue weighted by molar-refractivity contribution is 5.76. The van der Waals surface area contributed by atoms with Crippen molar-refractivity contribution >= 4 is 5.78 Å². The van der Waals surface area contributed by atoms with Crippen molar-refractivity contribution in [1.29, 1.82) is 5.26 Å². The summed E-state index contributed by atoms with van der Waals surface area (Å²) in [6.07, 6.45) is 4.07. The number of hydrogen-bond donors (Lipinski definition) is 0. The van der Waals surface area contributed by atoms with Gasteiger partial charge in [0.1, 0.15) is 5.78 Å². The molecule has 0 heterocycles. The summed E-state index contributed by atoms with van der Waals surface area (Å²) in [6.45, 7) is 1.56. The van der Waals surface area contributed by atoms with E-state index in [2.05, 4.69) is 6.07 Å². The molecule has 14 heavy (non-hydrogen) atoms. The van der Waals surface area contributed by atoms with Crippen LogP contribution >= 0.6 is 0 Å². The number of hydrogen-bond acceptors (Lipinski definition) is 3. The summed E-state index contributed by atoms with van der Waals surface area (Å²) < 4.78 is 5.24. The Kier molecular flexibility index (Phi) is 3.65. The Hall–Kier alpha value is -0.880. The third-order valence-electron chi connectivity index (χ3n) is 3.05. The van der Waals surface area contributed by atoms with E-state index in [9.17, 15) is 4.79 Å². The zero-order valence-corrected chi connectivity index (χ0v) is 8.88. The zero-order chi connectivity index (χ0) is 10.6. The van der Waals surface area contributed by atoms with Crippen molar-refractivity contribution in [3.63, 3.8) is 0 Å². The Morgan fingerprint density at radius 3 is 2.50 bits per heavy atom. The van der Waals surface area contributed by atoms with Crippen LogP contribution in [0.5, 0.6) is 0 Å². The van der Waals surface area contributed by atoms with Gasteiger partial charge in [-0.1, -0.05) is 0 Å². The van der Waals surface area contributed by atoms with E-state index in [-0.39, 0.29) is 11.9 Å². The molecule has 78 valence electrons. The summed E-state index contributed by atoms with van der Waals surface area (Å²) in [7, 11) is 1.70. The predicted molar refractivity (Wildman–Crippen MR) is 52.6 cm³/mol. The maximum Gasteiger partial charge on any atom is 0.131 e. The minimum Gasteiger partial charge on any atom is -0.381 e. The van der Waals surface area contributed by atoms with Crippen LogP contribution in [0.25, 0.3) is 0 Å². The lowest BCUT2D eigenvalue weighted by Crippen LogP contribution is -2.31. The van der Waals surface area contributed by atoms with Crippen molar-refractivity contribution in [3.05, 3.63) is 0 Å². The first-order valence-electron chi connectivity index (χ1n) is 5.05. The molecule has 0 aromatic heterocycles. The third-order valence-corrected chi connectivity index (χ3v) is 3.05. The van der Waals surface area contributed by atoms with E-state index < -0.39 is 5.41 Å². The van der Waals surface area contributed by atoms with Gasteiger partial charge in [-0.25, -0.2) is 0 Å². The molecule has 0 radical (unpaired) electrons. The number of nitrogens with zero attached hydrogens (tertiary/aromatic N) is 1. The predicted octanol–water partition coefficient (Wildman–Crippen LogP) is 2.06. The Bertz CT molecular complexity index is 247. The van der Waals surface area contributed by atoms with E-state index in [1.807, 2.05) is 0 Å². The largest absolute Gasteiger partial charge is 0.381 e. The van der Waals surface area contributed by atoms with Crippen LogP contribution in [0.15, 0.2) is 0 Å². The molecular formula is C11H17NO2. The minimum atomic E-state index is -0.402. The van der Waals surface area contributed by atoms with Crippen LogP contribution in [0.3, 0.4) is 0 Å². The van der Waals surface area contributed by atoms with Crippen molar-refractivity contribution in [2.24, 2.45) is 5.41 Å². The average molecular weight is 195 g/mol. The third kappa shape index (κ3) is 2.55. The molecule has 0 spiro atoms. The number of rotatable bonds is 3. The molecule has 0 N–H and O–H groups in total. The van der Waals surface area contributed by atoms with Crippen LogP contribution in [0.2, 0.25) is 0 Å². The van der Waals surface area contributed by atoms with Crippen LogP contribution in [0.1, 0.15) is 39.0 Å². The minimum absolute atomic E-state index is 0.113. The molecular weight excluding hydrogens is 178 g/mol. The van der Waals surface area contributed by atoms with Crippen molar-refractivity contribution in [1.82, 2.24) is 0 Å². The Morgan fingerprint density at radius 2 is 2.14 bits per heavy atom. The fraction of sp³-hybridized carbons (Fsp3) is 0.818. The molecule has 0 aromatic rings. The SMILES string of the molecule is COC1CCC(C#N)(CC(C)=O)CC1. The zero-order valence-electron chi connectivity index (χ0n) is 8.88. The second-order valence-corrected chi connectivity index (χ2v) is 4.21. The van der Waals surface area contributed by atoms with E-state index >= 15 is 0 Å². The van der Waals surface area contributed by atoms with E-state index in [1.54, 1.807) is 14.0 Å². The van der Waals surface area contributed by atoms with Crippen molar-refractivity contribution < 1.29 is 9.53 Å². The lowest BCUT2D eigenvalue weighted by atomic mass is 9.71. The number of carbonyl (C=O) groups excluding carboxylic acids is 1. The van der Waals surface area contributed by atoms with Crippen molar-refractivity contribution in [2.75, 3.05) is 7.11 Å². The summed E-state index contributed by atoms with van der Waals surface area (Å²) in [5, 5.41) is 9.11. The molecule has 0 unspecified atom stereocenters. The standard InChI is InChI=1S/C11H17NO2/c1-9(13)7-11(8-12)5-3-10(14-2)4-6-11/h10H,3-7H2,1-2H3. The Balaban J connectivity index is 2.58. The number of ether oxygens (including phenoxy) is 1. The molecule has 0 saturated heterocycles. The highest BCUT2D eigenvalue weighted by Gasteiger charge is 2.36. The summed E-state index contributed by atoms with van der Waals surface area (Å²) in [4.78, 5) is 11.0. The molecule has 3 heteroatoms. The van der Waals surface area contributed by atoms with Gasteiger partial charge in [-0.05, 0) is 32.6 Å². The van der Waals surface area contributed by atoms with E-state index in [1.165, 1.54) is 0 Å². The van der Waals surface area contributed by atoms with Gasteiger partial charge < -0.3 is 4.74 Å². The molecule has 0 atom stereocenters. The van der Waals surface area contributed by atoms with Crippen LogP contribution in [0.4, 0.5) is 0 Å². The van der Waals surface area contributed by atoms with E-state index in [4.69, 9.17) is 10.00 Å². The summed E-state index contributed by atoms with van der Waals surface area (Å²) in [5.41, 5.74) is -0.402. The monoisotopic (exact) mass is 195 g/mol. The second-order valence-electron chi connectivity index (χ2n) is 4.21. The van der Waals surface area contributed by atoms with Gasteiger partial charge in [0.25, 0.3) is 0 Å². The number of ketones is 1. The number of methoxy groups -OCH3 is 1. The first-order valence-corrected chi connectivity index (χ1v) is 5.05. The molecule has 1 saturated carbocycles. The highest BCUT2D eigenvalue weighted by Crippen LogP contribution is 2.39. The number of Topliss-reactive ketones (excluding diaryl/α,β-unsaturated/α-hetero) is 1. The van der Waals surface area contributed by atoms with Gasteiger partial charge in [0, 0.05) is 13.5 Å². The Morgan fingerprint density at radius 1 is 1.57 bits per heavy atom. The fourth-order valence-electron chi connectivity index (χ4n) is 2.18. The maximum atomic E-state index is 11.0. The highest BCUT2D eigenvalue weighted by atomic mass is 16.5. The normalized spacial score (nSPS) is 32.2. The van der Waals surface area contributed by atoms with Crippen molar-refractivity contribution in [2.45, 2.75) is 45.1 Å². The molecule has 1 aliphatic rings. The maximum absolute atomic E-state index is 11.0. The second kappa shape index (κ2) is 4.56.